The monoisotopic (exact) mass is 252 g/mol. The van der Waals surface area contributed by atoms with Gasteiger partial charge in [0.05, 0.1) is 5.39 Å². The molecule has 0 unspecified atom stereocenters. The van der Waals surface area contributed by atoms with Gasteiger partial charge < -0.3 is 0 Å². The van der Waals surface area contributed by atoms with Gasteiger partial charge in [0.25, 0.3) is 5.56 Å². The minimum Gasteiger partial charge on any atom is -0.287 e. The quantitative estimate of drug-likeness (QED) is 0.837. The molecule has 0 fully saturated rings. The number of hydrogen-bond acceptors (Lipinski definition) is 3. The standard InChI is InChI=1S/C12H16N2O2S/c1-4-5-6-14-10(15)9-8(2)7-17-11(9)13(3)12(14)16/h7H,4-6H2,1-3H3. The van der Waals surface area contributed by atoms with Crippen LogP contribution in [0.2, 0.25) is 0 Å². The molecule has 0 spiro atoms. The topological polar surface area (TPSA) is 44.0 Å². The summed E-state index contributed by atoms with van der Waals surface area (Å²) in [4.78, 5) is 25.1. The minimum absolute atomic E-state index is 0.143. The Bertz CT molecular complexity index is 663. The van der Waals surface area contributed by atoms with E-state index in [0.717, 1.165) is 23.2 Å². The molecule has 2 aromatic heterocycles. The molecule has 0 aromatic carbocycles. The second-order valence-corrected chi connectivity index (χ2v) is 5.11. The maximum Gasteiger partial charge on any atom is 0.331 e. The number of hydrogen-bond donors (Lipinski definition) is 0. The van der Waals surface area contributed by atoms with Gasteiger partial charge in [-0.05, 0) is 24.3 Å². The Morgan fingerprint density at radius 2 is 2.06 bits per heavy atom. The number of rotatable bonds is 3. The van der Waals surface area contributed by atoms with Crippen LogP contribution in [-0.4, -0.2) is 9.13 Å². The van der Waals surface area contributed by atoms with E-state index in [-0.39, 0.29) is 11.2 Å². The van der Waals surface area contributed by atoms with E-state index in [4.69, 9.17) is 0 Å². The molecule has 0 aliphatic carbocycles. The summed E-state index contributed by atoms with van der Waals surface area (Å²) in [6.07, 6.45) is 1.82. The highest BCUT2D eigenvalue weighted by Gasteiger charge is 2.13. The van der Waals surface area contributed by atoms with Gasteiger partial charge in [0.15, 0.2) is 0 Å². The Morgan fingerprint density at radius 3 is 2.71 bits per heavy atom. The molecule has 0 amide bonds. The van der Waals surface area contributed by atoms with E-state index in [9.17, 15) is 9.59 Å². The highest BCUT2D eigenvalue weighted by atomic mass is 32.1. The smallest absolute Gasteiger partial charge is 0.287 e. The van der Waals surface area contributed by atoms with Crippen LogP contribution in [0.25, 0.3) is 10.2 Å². The molecule has 4 nitrogen and oxygen atoms in total. The van der Waals surface area contributed by atoms with Gasteiger partial charge in [-0.1, -0.05) is 13.3 Å². The number of aromatic nitrogens is 2. The molecule has 5 heteroatoms. The fraction of sp³-hybridized carbons (Fsp3) is 0.500. The van der Waals surface area contributed by atoms with Crippen LogP contribution in [0.15, 0.2) is 15.0 Å². The van der Waals surface area contributed by atoms with E-state index in [1.54, 1.807) is 11.6 Å². The van der Waals surface area contributed by atoms with Gasteiger partial charge >= 0.3 is 5.69 Å². The molecule has 0 bridgehead atoms. The van der Waals surface area contributed by atoms with E-state index in [1.165, 1.54) is 15.9 Å². The molecular weight excluding hydrogens is 236 g/mol. The summed E-state index contributed by atoms with van der Waals surface area (Å²) < 4.78 is 2.93. The Balaban J connectivity index is 2.80. The van der Waals surface area contributed by atoms with Crippen LogP contribution in [0.4, 0.5) is 0 Å². The first-order valence-corrected chi connectivity index (χ1v) is 6.63. The zero-order chi connectivity index (χ0) is 12.6. The van der Waals surface area contributed by atoms with Gasteiger partial charge in [0.1, 0.15) is 4.83 Å². The highest BCUT2D eigenvalue weighted by molar-refractivity contribution is 7.17. The van der Waals surface area contributed by atoms with Crippen molar-refractivity contribution in [2.45, 2.75) is 33.2 Å². The van der Waals surface area contributed by atoms with E-state index in [0.29, 0.717) is 11.9 Å². The van der Waals surface area contributed by atoms with Crippen molar-refractivity contribution in [2.24, 2.45) is 7.05 Å². The largest absolute Gasteiger partial charge is 0.331 e. The number of aryl methyl sites for hydroxylation is 2. The Labute approximate surface area is 103 Å². The van der Waals surface area contributed by atoms with Gasteiger partial charge in [-0.3, -0.25) is 13.9 Å². The van der Waals surface area contributed by atoms with Crippen molar-refractivity contribution in [2.75, 3.05) is 0 Å². The average Bonchev–Trinajstić information content (AvgIpc) is 2.69. The van der Waals surface area contributed by atoms with E-state index in [1.807, 2.05) is 19.2 Å². The maximum atomic E-state index is 12.2. The Hall–Kier alpha value is -1.36. The van der Waals surface area contributed by atoms with Crippen molar-refractivity contribution >= 4 is 21.6 Å². The molecule has 0 radical (unpaired) electrons. The molecule has 0 atom stereocenters. The van der Waals surface area contributed by atoms with E-state index < -0.39 is 0 Å². The Morgan fingerprint density at radius 1 is 1.35 bits per heavy atom. The van der Waals surface area contributed by atoms with Crippen molar-refractivity contribution in [3.05, 3.63) is 31.8 Å². The summed E-state index contributed by atoms with van der Waals surface area (Å²) in [6.45, 7) is 4.46. The molecule has 0 aliphatic rings. The summed E-state index contributed by atoms with van der Waals surface area (Å²) in [5.41, 5.74) is 0.601. The van der Waals surface area contributed by atoms with Gasteiger partial charge in [-0.25, -0.2) is 4.79 Å². The van der Waals surface area contributed by atoms with E-state index in [2.05, 4.69) is 0 Å². The molecule has 0 saturated heterocycles. The minimum atomic E-state index is -0.210. The first-order valence-electron chi connectivity index (χ1n) is 5.75. The van der Waals surface area contributed by atoms with Gasteiger partial charge in [0.2, 0.25) is 0 Å². The van der Waals surface area contributed by atoms with Gasteiger partial charge in [-0.15, -0.1) is 11.3 Å². The highest BCUT2D eigenvalue weighted by Crippen LogP contribution is 2.20. The summed E-state index contributed by atoms with van der Waals surface area (Å²) in [5.74, 6) is 0. The third-order valence-electron chi connectivity index (χ3n) is 2.97. The molecule has 0 N–H and O–H groups in total. The lowest BCUT2D eigenvalue weighted by atomic mass is 10.2. The van der Waals surface area contributed by atoms with Crippen LogP contribution in [0.5, 0.6) is 0 Å². The lowest BCUT2D eigenvalue weighted by Crippen LogP contribution is -2.38. The first kappa shape index (κ1) is 12.1. The molecular formula is C12H16N2O2S. The average molecular weight is 252 g/mol. The molecule has 92 valence electrons. The summed E-state index contributed by atoms with van der Waals surface area (Å²) in [5, 5.41) is 2.61. The first-order chi connectivity index (χ1) is 8.07. The Kier molecular flexibility index (Phi) is 3.19. The molecule has 2 heterocycles. The van der Waals surface area contributed by atoms with Crippen molar-refractivity contribution in [3.63, 3.8) is 0 Å². The zero-order valence-corrected chi connectivity index (χ0v) is 11.1. The molecule has 0 aliphatic heterocycles. The molecule has 17 heavy (non-hydrogen) atoms. The second-order valence-electron chi connectivity index (χ2n) is 4.25. The van der Waals surface area contributed by atoms with Gasteiger partial charge in [0, 0.05) is 13.6 Å². The van der Waals surface area contributed by atoms with Crippen molar-refractivity contribution in [3.8, 4) is 0 Å². The predicted octanol–water partition coefficient (Wildman–Crippen LogP) is 1.87. The lowest BCUT2D eigenvalue weighted by Gasteiger charge is -2.07. The summed E-state index contributed by atoms with van der Waals surface area (Å²) in [7, 11) is 1.72. The fourth-order valence-corrected chi connectivity index (χ4v) is 2.95. The third kappa shape index (κ3) is 1.84. The SMILES string of the molecule is CCCCn1c(=O)c2c(C)csc2n(C)c1=O. The van der Waals surface area contributed by atoms with Crippen LogP contribution in [0.1, 0.15) is 25.3 Å². The van der Waals surface area contributed by atoms with Gasteiger partial charge in [-0.2, -0.15) is 0 Å². The lowest BCUT2D eigenvalue weighted by molar-refractivity contribution is 0.569. The van der Waals surface area contributed by atoms with Crippen LogP contribution < -0.4 is 11.2 Å². The van der Waals surface area contributed by atoms with Crippen molar-refractivity contribution < 1.29 is 0 Å². The molecule has 2 aromatic rings. The number of unbranched alkanes of at least 4 members (excludes halogenated alkanes) is 1. The number of fused-ring (bicyclic) bond motifs is 1. The van der Waals surface area contributed by atoms with Crippen LogP contribution >= 0.6 is 11.3 Å². The zero-order valence-electron chi connectivity index (χ0n) is 10.3. The number of thiophene rings is 1. The van der Waals surface area contributed by atoms with Crippen LogP contribution in [0, 0.1) is 6.92 Å². The van der Waals surface area contributed by atoms with Crippen molar-refractivity contribution in [1.29, 1.82) is 0 Å². The normalized spacial score (nSPS) is 11.2. The predicted molar refractivity (Wildman–Crippen MR) is 71.0 cm³/mol. The molecule has 0 saturated carbocycles. The van der Waals surface area contributed by atoms with Crippen molar-refractivity contribution in [1.82, 2.24) is 9.13 Å². The molecule has 2 rings (SSSR count). The van der Waals surface area contributed by atoms with Crippen LogP contribution in [0.3, 0.4) is 0 Å². The number of nitrogens with zero attached hydrogens (tertiary/aromatic N) is 2. The third-order valence-corrected chi connectivity index (χ3v) is 4.14. The summed E-state index contributed by atoms with van der Waals surface area (Å²) >= 11 is 1.45. The fourth-order valence-electron chi connectivity index (χ4n) is 1.94. The second kappa shape index (κ2) is 4.49. The van der Waals surface area contributed by atoms with E-state index >= 15 is 0 Å². The maximum absolute atomic E-state index is 12.2. The van der Waals surface area contributed by atoms with Crippen LogP contribution in [-0.2, 0) is 13.6 Å². The summed E-state index contributed by atoms with van der Waals surface area (Å²) in [6, 6.07) is 0.